The van der Waals surface area contributed by atoms with Crippen molar-refractivity contribution in [3.63, 3.8) is 0 Å². The maximum Gasteiger partial charge on any atom is 0.111 e. The van der Waals surface area contributed by atoms with E-state index in [1.807, 2.05) is 0 Å². The highest BCUT2D eigenvalue weighted by Crippen LogP contribution is 2.19. The van der Waals surface area contributed by atoms with Gasteiger partial charge in [-0.25, -0.2) is 4.98 Å². The Balaban J connectivity index is 1.96. The second kappa shape index (κ2) is 4.78. The Hall–Kier alpha value is -2.09. The first kappa shape index (κ1) is 12.9. The number of rotatable bonds is 2. The SMILES string of the molecule is Cc1ccc(Cc2nc3cc(C)c(C)cc3[nH]2)cc1C. The molecule has 1 aromatic heterocycles. The first-order chi connectivity index (χ1) is 9.52. The topological polar surface area (TPSA) is 28.7 Å². The summed E-state index contributed by atoms with van der Waals surface area (Å²) in [6.07, 6.45) is 0.855. The molecule has 0 saturated carbocycles. The van der Waals surface area contributed by atoms with Gasteiger partial charge in [-0.1, -0.05) is 18.2 Å². The highest BCUT2D eigenvalue weighted by atomic mass is 14.9. The number of nitrogens with one attached hydrogen (secondary N) is 1. The van der Waals surface area contributed by atoms with Crippen LogP contribution in [0, 0.1) is 27.7 Å². The van der Waals surface area contributed by atoms with Crippen molar-refractivity contribution in [2.45, 2.75) is 34.1 Å². The smallest absolute Gasteiger partial charge is 0.111 e. The first-order valence-electron chi connectivity index (χ1n) is 7.05. The molecular formula is C18H20N2. The number of aryl methyl sites for hydroxylation is 4. The Morgan fingerprint density at radius 3 is 2.30 bits per heavy atom. The number of aromatic amines is 1. The van der Waals surface area contributed by atoms with Gasteiger partial charge in [-0.05, 0) is 67.6 Å². The van der Waals surface area contributed by atoms with Gasteiger partial charge in [0.2, 0.25) is 0 Å². The third-order valence-electron chi connectivity index (χ3n) is 4.09. The summed E-state index contributed by atoms with van der Waals surface area (Å²) < 4.78 is 0. The molecule has 3 aromatic rings. The molecule has 0 aliphatic rings. The van der Waals surface area contributed by atoms with Gasteiger partial charge in [0, 0.05) is 6.42 Å². The van der Waals surface area contributed by atoms with Crippen LogP contribution in [0.3, 0.4) is 0 Å². The fraction of sp³-hybridized carbons (Fsp3) is 0.278. The summed E-state index contributed by atoms with van der Waals surface area (Å²) >= 11 is 0. The molecule has 20 heavy (non-hydrogen) atoms. The van der Waals surface area contributed by atoms with Gasteiger partial charge < -0.3 is 4.98 Å². The molecule has 3 rings (SSSR count). The van der Waals surface area contributed by atoms with Crippen molar-refractivity contribution < 1.29 is 0 Å². The summed E-state index contributed by atoms with van der Waals surface area (Å²) in [4.78, 5) is 8.14. The predicted molar refractivity (Wildman–Crippen MR) is 84.3 cm³/mol. The van der Waals surface area contributed by atoms with Gasteiger partial charge >= 0.3 is 0 Å². The van der Waals surface area contributed by atoms with E-state index in [0.717, 1.165) is 23.3 Å². The van der Waals surface area contributed by atoms with Crippen LogP contribution in [0.5, 0.6) is 0 Å². The average molecular weight is 264 g/mol. The average Bonchev–Trinajstić information content (AvgIpc) is 2.76. The Kier molecular flexibility index (Phi) is 3.09. The number of H-pyrrole nitrogens is 1. The summed E-state index contributed by atoms with van der Waals surface area (Å²) in [6, 6.07) is 11.0. The summed E-state index contributed by atoms with van der Waals surface area (Å²) in [5, 5.41) is 0. The van der Waals surface area contributed by atoms with E-state index in [2.05, 4.69) is 63.0 Å². The van der Waals surface area contributed by atoms with Crippen molar-refractivity contribution >= 4 is 11.0 Å². The van der Waals surface area contributed by atoms with Crippen molar-refractivity contribution in [3.8, 4) is 0 Å². The lowest BCUT2D eigenvalue weighted by Gasteiger charge is -2.03. The molecule has 0 radical (unpaired) electrons. The second-order valence-electron chi connectivity index (χ2n) is 5.73. The van der Waals surface area contributed by atoms with Crippen molar-refractivity contribution in [3.05, 3.63) is 64.0 Å². The van der Waals surface area contributed by atoms with Gasteiger partial charge in [-0.15, -0.1) is 0 Å². The van der Waals surface area contributed by atoms with Gasteiger partial charge in [-0.3, -0.25) is 0 Å². The Bertz CT molecular complexity index is 742. The Morgan fingerprint density at radius 1 is 0.850 bits per heavy atom. The van der Waals surface area contributed by atoms with E-state index in [4.69, 9.17) is 4.98 Å². The molecule has 2 heteroatoms. The largest absolute Gasteiger partial charge is 0.342 e. The van der Waals surface area contributed by atoms with Crippen LogP contribution in [0.15, 0.2) is 30.3 Å². The number of hydrogen-bond acceptors (Lipinski definition) is 1. The van der Waals surface area contributed by atoms with Crippen LogP contribution >= 0.6 is 0 Å². The van der Waals surface area contributed by atoms with Crippen LogP contribution < -0.4 is 0 Å². The molecular weight excluding hydrogens is 244 g/mol. The number of benzene rings is 2. The molecule has 0 amide bonds. The van der Waals surface area contributed by atoms with Crippen LogP contribution in [-0.4, -0.2) is 9.97 Å². The van der Waals surface area contributed by atoms with Crippen molar-refractivity contribution in [1.29, 1.82) is 0 Å². The molecule has 1 heterocycles. The minimum Gasteiger partial charge on any atom is -0.342 e. The molecule has 0 aliphatic heterocycles. The highest BCUT2D eigenvalue weighted by molar-refractivity contribution is 5.77. The lowest BCUT2D eigenvalue weighted by Crippen LogP contribution is -1.92. The van der Waals surface area contributed by atoms with E-state index < -0.39 is 0 Å². The number of hydrogen-bond donors (Lipinski definition) is 1. The summed E-state index contributed by atoms with van der Waals surface area (Å²) in [5.74, 6) is 1.04. The van der Waals surface area contributed by atoms with E-state index in [1.54, 1.807) is 0 Å². The molecule has 1 N–H and O–H groups in total. The second-order valence-corrected chi connectivity index (χ2v) is 5.73. The standard InChI is InChI=1S/C18H20N2/c1-11-5-6-15(7-12(11)2)10-18-19-16-8-13(3)14(4)9-17(16)20-18/h5-9H,10H2,1-4H3,(H,19,20). The van der Waals surface area contributed by atoms with Gasteiger partial charge in [0.1, 0.15) is 5.82 Å². The molecule has 0 unspecified atom stereocenters. The Morgan fingerprint density at radius 2 is 1.55 bits per heavy atom. The molecule has 0 saturated heterocycles. The van der Waals surface area contributed by atoms with E-state index in [0.29, 0.717) is 0 Å². The fourth-order valence-electron chi connectivity index (χ4n) is 2.51. The molecule has 0 spiro atoms. The van der Waals surface area contributed by atoms with Crippen molar-refractivity contribution in [2.24, 2.45) is 0 Å². The first-order valence-corrected chi connectivity index (χ1v) is 7.05. The summed E-state index contributed by atoms with van der Waals surface area (Å²) in [6.45, 7) is 8.57. The molecule has 0 bridgehead atoms. The summed E-state index contributed by atoms with van der Waals surface area (Å²) in [5.41, 5.74) is 8.77. The van der Waals surface area contributed by atoms with Gasteiger partial charge in [-0.2, -0.15) is 0 Å². The van der Waals surface area contributed by atoms with E-state index in [1.165, 1.54) is 27.8 Å². The van der Waals surface area contributed by atoms with Crippen LogP contribution in [0.2, 0.25) is 0 Å². The van der Waals surface area contributed by atoms with E-state index in [9.17, 15) is 0 Å². The monoisotopic (exact) mass is 264 g/mol. The van der Waals surface area contributed by atoms with E-state index >= 15 is 0 Å². The van der Waals surface area contributed by atoms with Gasteiger partial charge in [0.15, 0.2) is 0 Å². The van der Waals surface area contributed by atoms with Crippen molar-refractivity contribution in [1.82, 2.24) is 9.97 Å². The highest BCUT2D eigenvalue weighted by Gasteiger charge is 2.06. The van der Waals surface area contributed by atoms with Crippen LogP contribution in [-0.2, 0) is 6.42 Å². The number of nitrogens with zero attached hydrogens (tertiary/aromatic N) is 1. The molecule has 102 valence electrons. The lowest BCUT2D eigenvalue weighted by molar-refractivity contribution is 1.03. The van der Waals surface area contributed by atoms with Crippen LogP contribution in [0.1, 0.15) is 33.6 Å². The maximum atomic E-state index is 4.71. The zero-order chi connectivity index (χ0) is 14.3. The van der Waals surface area contributed by atoms with Gasteiger partial charge in [0.05, 0.1) is 11.0 Å². The third-order valence-corrected chi connectivity index (χ3v) is 4.09. The molecule has 2 nitrogen and oxygen atoms in total. The molecule has 0 atom stereocenters. The fourth-order valence-corrected chi connectivity index (χ4v) is 2.51. The van der Waals surface area contributed by atoms with Crippen LogP contribution in [0.4, 0.5) is 0 Å². The molecule has 0 fully saturated rings. The predicted octanol–water partition coefficient (Wildman–Crippen LogP) is 4.39. The van der Waals surface area contributed by atoms with Crippen molar-refractivity contribution in [2.75, 3.05) is 0 Å². The number of imidazole rings is 1. The summed E-state index contributed by atoms with van der Waals surface area (Å²) in [7, 11) is 0. The van der Waals surface area contributed by atoms with Crippen LogP contribution in [0.25, 0.3) is 11.0 Å². The number of aromatic nitrogens is 2. The maximum absolute atomic E-state index is 4.71. The Labute approximate surface area is 119 Å². The number of fused-ring (bicyclic) bond motifs is 1. The molecule has 0 aliphatic carbocycles. The van der Waals surface area contributed by atoms with Gasteiger partial charge in [0.25, 0.3) is 0 Å². The zero-order valence-corrected chi connectivity index (χ0v) is 12.5. The normalized spacial score (nSPS) is 11.2. The third kappa shape index (κ3) is 2.34. The zero-order valence-electron chi connectivity index (χ0n) is 12.5. The van der Waals surface area contributed by atoms with E-state index in [-0.39, 0.29) is 0 Å². The minimum absolute atomic E-state index is 0.855. The minimum atomic E-state index is 0.855. The molecule has 2 aromatic carbocycles. The quantitative estimate of drug-likeness (QED) is 0.730. The lowest BCUT2D eigenvalue weighted by atomic mass is 10.0.